The zero-order chi connectivity index (χ0) is 14.3. The molecule has 0 aliphatic rings. The Morgan fingerprint density at radius 1 is 1.30 bits per heavy atom. The van der Waals surface area contributed by atoms with Crippen LogP contribution in [0.15, 0.2) is 29.1 Å². The number of pyridine rings is 1. The second kappa shape index (κ2) is 4.67. The number of unbranched alkanes of at least 4 members (excludes halogenated alkanes) is 1. The molecule has 2 aromatic heterocycles. The van der Waals surface area contributed by atoms with Gasteiger partial charge < -0.3 is 9.67 Å². The molecule has 0 unspecified atom stereocenters. The Balaban J connectivity index is 2.48. The third-order valence-electron chi connectivity index (χ3n) is 3.70. The van der Waals surface area contributed by atoms with Gasteiger partial charge >= 0.3 is 0 Å². The van der Waals surface area contributed by atoms with Crippen molar-refractivity contribution in [3.8, 4) is 6.01 Å². The van der Waals surface area contributed by atoms with Gasteiger partial charge in [0, 0.05) is 19.0 Å². The van der Waals surface area contributed by atoms with Crippen molar-refractivity contribution < 1.29 is 5.11 Å². The van der Waals surface area contributed by atoms with Crippen molar-refractivity contribution in [1.29, 1.82) is 0 Å². The fourth-order valence-electron chi connectivity index (χ4n) is 2.63. The topological polar surface area (TPSA) is 60.1 Å². The van der Waals surface area contributed by atoms with E-state index in [-0.39, 0.29) is 11.6 Å². The lowest BCUT2D eigenvalue weighted by molar-refractivity contribution is 0.415. The monoisotopic (exact) mass is 271 g/mol. The molecule has 0 saturated heterocycles. The van der Waals surface area contributed by atoms with E-state index >= 15 is 0 Å². The Morgan fingerprint density at radius 2 is 2.05 bits per heavy atom. The molecule has 0 fully saturated rings. The van der Waals surface area contributed by atoms with Crippen LogP contribution in [0.3, 0.4) is 0 Å². The van der Waals surface area contributed by atoms with Crippen LogP contribution in [-0.2, 0) is 13.6 Å². The van der Waals surface area contributed by atoms with Crippen LogP contribution in [0.1, 0.15) is 19.8 Å². The zero-order valence-electron chi connectivity index (χ0n) is 11.6. The molecule has 1 N–H and O–H groups in total. The third-order valence-corrected chi connectivity index (χ3v) is 3.70. The predicted molar refractivity (Wildman–Crippen MR) is 79.1 cm³/mol. The van der Waals surface area contributed by atoms with Crippen LogP contribution in [0.5, 0.6) is 6.01 Å². The molecular weight excluding hydrogens is 254 g/mol. The molecule has 0 saturated carbocycles. The summed E-state index contributed by atoms with van der Waals surface area (Å²) in [5.41, 5.74) is 1.78. The van der Waals surface area contributed by atoms with Crippen LogP contribution in [0.25, 0.3) is 21.9 Å². The predicted octanol–water partition coefficient (Wildman–Crippen LogP) is 2.39. The maximum atomic E-state index is 12.6. The normalized spacial score (nSPS) is 11.5. The largest absolute Gasteiger partial charge is 0.480 e. The first-order valence-electron chi connectivity index (χ1n) is 6.82. The van der Waals surface area contributed by atoms with Crippen molar-refractivity contribution in [2.45, 2.75) is 26.3 Å². The summed E-state index contributed by atoms with van der Waals surface area (Å²) in [5, 5.41) is 10.7. The van der Waals surface area contributed by atoms with Crippen LogP contribution in [0.2, 0.25) is 0 Å². The number of aromatic hydroxyl groups is 1. The number of hydrogen-bond acceptors (Lipinski definition) is 3. The number of aromatic nitrogens is 3. The minimum absolute atomic E-state index is 0.129. The van der Waals surface area contributed by atoms with Gasteiger partial charge in [0.2, 0.25) is 0 Å². The fraction of sp³-hybridized carbons (Fsp3) is 0.333. The molecule has 0 aliphatic heterocycles. The summed E-state index contributed by atoms with van der Waals surface area (Å²) in [4.78, 5) is 16.6. The van der Waals surface area contributed by atoms with Gasteiger partial charge in [0.25, 0.3) is 11.6 Å². The number of aryl methyl sites for hydroxylation is 2. The number of para-hydroxylation sites is 1. The van der Waals surface area contributed by atoms with E-state index in [1.807, 2.05) is 24.3 Å². The van der Waals surface area contributed by atoms with Crippen molar-refractivity contribution >= 4 is 21.9 Å². The quantitative estimate of drug-likeness (QED) is 0.795. The first kappa shape index (κ1) is 12.7. The minimum atomic E-state index is -0.136. The Hall–Kier alpha value is -2.30. The fourth-order valence-corrected chi connectivity index (χ4v) is 2.63. The number of hydrogen-bond donors (Lipinski definition) is 1. The second-order valence-corrected chi connectivity index (χ2v) is 5.00. The molecule has 20 heavy (non-hydrogen) atoms. The van der Waals surface area contributed by atoms with E-state index in [9.17, 15) is 9.90 Å². The van der Waals surface area contributed by atoms with Gasteiger partial charge in [0.05, 0.1) is 11.0 Å². The van der Waals surface area contributed by atoms with Crippen molar-refractivity contribution in [2.24, 2.45) is 7.05 Å². The van der Waals surface area contributed by atoms with E-state index in [0.717, 1.165) is 23.7 Å². The molecule has 0 atom stereocenters. The Morgan fingerprint density at radius 3 is 2.80 bits per heavy atom. The molecule has 3 aromatic rings. The van der Waals surface area contributed by atoms with E-state index in [2.05, 4.69) is 11.9 Å². The maximum Gasteiger partial charge on any atom is 0.294 e. The molecule has 5 nitrogen and oxygen atoms in total. The van der Waals surface area contributed by atoms with Crippen LogP contribution in [-0.4, -0.2) is 19.2 Å². The van der Waals surface area contributed by atoms with Crippen molar-refractivity contribution in [2.75, 3.05) is 0 Å². The summed E-state index contributed by atoms with van der Waals surface area (Å²) >= 11 is 0. The molecule has 0 amide bonds. The molecule has 0 bridgehead atoms. The van der Waals surface area contributed by atoms with Crippen molar-refractivity contribution in [3.63, 3.8) is 0 Å². The van der Waals surface area contributed by atoms with Crippen LogP contribution in [0, 0.1) is 0 Å². The summed E-state index contributed by atoms with van der Waals surface area (Å²) in [5.74, 6) is 0. The van der Waals surface area contributed by atoms with Crippen molar-refractivity contribution in [3.05, 3.63) is 34.6 Å². The van der Waals surface area contributed by atoms with Crippen LogP contribution < -0.4 is 5.56 Å². The molecule has 104 valence electrons. The molecular formula is C15H17N3O2. The molecule has 5 heteroatoms. The lowest BCUT2D eigenvalue weighted by Gasteiger charge is -2.11. The first-order valence-corrected chi connectivity index (χ1v) is 6.82. The Kier molecular flexibility index (Phi) is 2.97. The van der Waals surface area contributed by atoms with Gasteiger partial charge in [0.15, 0.2) is 5.52 Å². The summed E-state index contributed by atoms with van der Waals surface area (Å²) < 4.78 is 3.32. The van der Waals surface area contributed by atoms with Gasteiger partial charge in [0.1, 0.15) is 0 Å². The SMILES string of the molecule is CCCCn1c(=O)c2nc(O)n(C)c2c2ccccc21. The number of fused-ring (bicyclic) bond motifs is 3. The highest BCUT2D eigenvalue weighted by atomic mass is 16.3. The Bertz CT molecular complexity index is 846. The third kappa shape index (κ3) is 1.70. The first-order chi connectivity index (χ1) is 9.65. The number of rotatable bonds is 3. The van der Waals surface area contributed by atoms with Gasteiger partial charge in [-0.2, -0.15) is 4.98 Å². The van der Waals surface area contributed by atoms with Crippen molar-refractivity contribution in [1.82, 2.24) is 14.1 Å². The highest BCUT2D eigenvalue weighted by Gasteiger charge is 2.16. The molecule has 1 aromatic carbocycles. The van der Waals surface area contributed by atoms with Crippen LogP contribution in [0.4, 0.5) is 0 Å². The number of nitrogens with zero attached hydrogens (tertiary/aromatic N) is 3. The van der Waals surface area contributed by atoms with Crippen LogP contribution >= 0.6 is 0 Å². The van der Waals surface area contributed by atoms with Gasteiger partial charge in [-0.1, -0.05) is 31.5 Å². The van der Waals surface area contributed by atoms with Gasteiger partial charge in [-0.05, 0) is 12.5 Å². The lowest BCUT2D eigenvalue weighted by atomic mass is 10.1. The van der Waals surface area contributed by atoms with E-state index in [1.165, 1.54) is 0 Å². The maximum absolute atomic E-state index is 12.6. The van der Waals surface area contributed by atoms with Gasteiger partial charge in [-0.3, -0.25) is 9.36 Å². The highest BCUT2D eigenvalue weighted by Crippen LogP contribution is 2.25. The zero-order valence-corrected chi connectivity index (χ0v) is 11.6. The summed E-state index contributed by atoms with van der Waals surface area (Å²) in [6.07, 6.45) is 1.96. The Labute approximate surface area is 116 Å². The molecule has 0 aliphatic carbocycles. The second-order valence-electron chi connectivity index (χ2n) is 5.00. The molecule has 3 rings (SSSR count). The minimum Gasteiger partial charge on any atom is -0.480 e. The smallest absolute Gasteiger partial charge is 0.294 e. The number of benzene rings is 1. The number of imidazole rings is 1. The van der Waals surface area contributed by atoms with Gasteiger partial charge in [-0.25, -0.2) is 0 Å². The average Bonchev–Trinajstić information content (AvgIpc) is 2.76. The molecule has 0 radical (unpaired) electrons. The summed E-state index contributed by atoms with van der Waals surface area (Å²) in [6, 6.07) is 7.62. The van der Waals surface area contributed by atoms with Gasteiger partial charge in [-0.15, -0.1) is 0 Å². The van der Waals surface area contributed by atoms with E-state index < -0.39 is 0 Å². The van der Waals surface area contributed by atoms with E-state index in [4.69, 9.17) is 0 Å². The van der Waals surface area contributed by atoms with E-state index in [0.29, 0.717) is 17.6 Å². The standard InChI is InChI=1S/C15H17N3O2/c1-3-4-9-18-11-8-6-5-7-10(11)13-12(14(18)19)16-15(20)17(13)2/h5-8H,3-4,9H2,1-2H3,(H,16,20). The molecule has 2 heterocycles. The van der Waals surface area contributed by atoms with E-state index in [1.54, 1.807) is 16.2 Å². The lowest BCUT2D eigenvalue weighted by Crippen LogP contribution is -2.21. The average molecular weight is 271 g/mol. The summed E-state index contributed by atoms with van der Waals surface area (Å²) in [7, 11) is 1.72. The molecule has 0 spiro atoms. The summed E-state index contributed by atoms with van der Waals surface area (Å²) in [6.45, 7) is 2.77. The highest BCUT2D eigenvalue weighted by molar-refractivity contribution is 6.02.